The van der Waals surface area contributed by atoms with Crippen molar-refractivity contribution >= 4 is 23.0 Å². The first-order chi connectivity index (χ1) is 10.0. The van der Waals surface area contributed by atoms with Crippen LogP contribution >= 0.6 is 11.6 Å². The maximum absolute atomic E-state index is 12.1. The van der Waals surface area contributed by atoms with Gasteiger partial charge in [-0.15, -0.1) is 0 Å². The van der Waals surface area contributed by atoms with Crippen LogP contribution in [0.2, 0.25) is 5.02 Å². The fourth-order valence-corrected chi connectivity index (χ4v) is 2.32. The Kier molecular flexibility index (Phi) is 4.85. The Morgan fingerprint density at radius 1 is 1.38 bits per heavy atom. The van der Waals surface area contributed by atoms with Gasteiger partial charge in [0.25, 0.3) is 5.56 Å². The van der Waals surface area contributed by atoms with Crippen LogP contribution in [0.25, 0.3) is 0 Å². The molecule has 0 aliphatic rings. The first kappa shape index (κ1) is 15.4. The summed E-state index contributed by atoms with van der Waals surface area (Å²) in [6, 6.07) is 6.83. The molecule has 1 aromatic heterocycles. The summed E-state index contributed by atoms with van der Waals surface area (Å²) in [5.41, 5.74) is 7.74. The molecule has 0 spiro atoms. The van der Waals surface area contributed by atoms with Gasteiger partial charge in [-0.2, -0.15) is 5.10 Å². The van der Waals surface area contributed by atoms with Gasteiger partial charge >= 0.3 is 0 Å². The zero-order valence-electron chi connectivity index (χ0n) is 12.2. The number of rotatable bonds is 5. The normalized spacial score (nSPS) is 10.6. The van der Waals surface area contributed by atoms with E-state index in [1.165, 1.54) is 4.68 Å². The van der Waals surface area contributed by atoms with E-state index < -0.39 is 0 Å². The monoisotopic (exact) mass is 306 g/mol. The largest absolute Gasteiger partial charge is 0.399 e. The second kappa shape index (κ2) is 6.63. The van der Waals surface area contributed by atoms with Gasteiger partial charge in [0.15, 0.2) is 0 Å². The van der Waals surface area contributed by atoms with E-state index in [0.29, 0.717) is 17.3 Å². The number of aromatic nitrogens is 2. The fourth-order valence-electron chi connectivity index (χ4n) is 2.07. The molecule has 0 unspecified atom stereocenters. The fraction of sp³-hybridized carbons (Fsp3) is 0.333. The number of anilines is 2. The third-order valence-corrected chi connectivity index (χ3v) is 3.60. The molecule has 0 bridgehead atoms. The Morgan fingerprint density at radius 2 is 2.14 bits per heavy atom. The molecule has 0 saturated carbocycles. The van der Waals surface area contributed by atoms with Crippen LogP contribution in [0.1, 0.15) is 18.9 Å². The molecule has 0 aliphatic heterocycles. The SMILES string of the molecule is CCCN(C)c1cnn(Cc2ccc(N)cc2Cl)c(=O)c1. The van der Waals surface area contributed by atoms with E-state index in [9.17, 15) is 4.79 Å². The topological polar surface area (TPSA) is 64.2 Å². The van der Waals surface area contributed by atoms with Gasteiger partial charge in [0.2, 0.25) is 0 Å². The molecule has 0 atom stereocenters. The van der Waals surface area contributed by atoms with Crippen molar-refractivity contribution in [3.8, 4) is 0 Å². The Hall–Kier alpha value is -2.01. The predicted octanol–water partition coefficient (Wildman–Crippen LogP) is 2.37. The Morgan fingerprint density at radius 3 is 2.76 bits per heavy atom. The number of benzene rings is 1. The number of nitrogens with zero attached hydrogens (tertiary/aromatic N) is 3. The van der Waals surface area contributed by atoms with Gasteiger partial charge in [-0.25, -0.2) is 4.68 Å². The van der Waals surface area contributed by atoms with E-state index in [0.717, 1.165) is 24.2 Å². The molecule has 0 fully saturated rings. The molecule has 5 nitrogen and oxygen atoms in total. The van der Waals surface area contributed by atoms with E-state index in [-0.39, 0.29) is 5.56 Å². The lowest BCUT2D eigenvalue weighted by atomic mass is 10.2. The zero-order chi connectivity index (χ0) is 15.4. The van der Waals surface area contributed by atoms with Gasteiger partial charge in [0.1, 0.15) is 0 Å². The summed E-state index contributed by atoms with van der Waals surface area (Å²) in [4.78, 5) is 14.1. The molecular formula is C15H19ClN4O. The summed E-state index contributed by atoms with van der Waals surface area (Å²) in [6.07, 6.45) is 2.71. The average molecular weight is 307 g/mol. The second-order valence-corrected chi connectivity index (χ2v) is 5.39. The Balaban J connectivity index is 2.23. The molecule has 6 heteroatoms. The Labute approximate surface area is 128 Å². The highest BCUT2D eigenvalue weighted by Gasteiger charge is 2.07. The predicted molar refractivity (Wildman–Crippen MR) is 87.0 cm³/mol. The van der Waals surface area contributed by atoms with Crippen LogP contribution in [0.4, 0.5) is 11.4 Å². The summed E-state index contributed by atoms with van der Waals surface area (Å²) in [5.74, 6) is 0. The quantitative estimate of drug-likeness (QED) is 0.861. The third kappa shape index (κ3) is 3.76. The van der Waals surface area contributed by atoms with E-state index in [1.54, 1.807) is 24.4 Å². The van der Waals surface area contributed by atoms with Crippen molar-refractivity contribution in [3.63, 3.8) is 0 Å². The van der Waals surface area contributed by atoms with Crippen molar-refractivity contribution in [3.05, 3.63) is 51.4 Å². The molecule has 0 saturated heterocycles. The average Bonchev–Trinajstić information content (AvgIpc) is 2.44. The van der Waals surface area contributed by atoms with Gasteiger partial charge in [-0.05, 0) is 24.1 Å². The van der Waals surface area contributed by atoms with Crippen LogP contribution in [-0.4, -0.2) is 23.4 Å². The lowest BCUT2D eigenvalue weighted by Crippen LogP contribution is -2.26. The minimum atomic E-state index is -0.150. The van der Waals surface area contributed by atoms with E-state index in [2.05, 4.69) is 12.0 Å². The van der Waals surface area contributed by atoms with Gasteiger partial charge in [0.05, 0.1) is 18.4 Å². The van der Waals surface area contributed by atoms with E-state index in [4.69, 9.17) is 17.3 Å². The summed E-state index contributed by atoms with van der Waals surface area (Å²) < 4.78 is 1.39. The smallest absolute Gasteiger partial charge is 0.269 e. The molecule has 0 radical (unpaired) electrons. The maximum atomic E-state index is 12.1. The highest BCUT2D eigenvalue weighted by atomic mass is 35.5. The third-order valence-electron chi connectivity index (χ3n) is 3.25. The zero-order valence-corrected chi connectivity index (χ0v) is 13.0. The van der Waals surface area contributed by atoms with Gasteiger partial charge in [0, 0.05) is 30.4 Å². The number of nitrogens with two attached hydrogens (primary N) is 1. The van der Waals surface area contributed by atoms with Gasteiger partial charge in [-0.3, -0.25) is 4.79 Å². The highest BCUT2D eigenvalue weighted by molar-refractivity contribution is 6.31. The van der Waals surface area contributed by atoms with E-state index in [1.807, 2.05) is 18.0 Å². The Bertz CT molecular complexity index is 684. The lowest BCUT2D eigenvalue weighted by Gasteiger charge is -2.18. The minimum absolute atomic E-state index is 0.150. The summed E-state index contributed by atoms with van der Waals surface area (Å²) >= 11 is 6.12. The van der Waals surface area contributed by atoms with Crippen LogP contribution in [0, 0.1) is 0 Å². The molecule has 0 amide bonds. The van der Waals surface area contributed by atoms with Crippen LogP contribution in [0.15, 0.2) is 35.3 Å². The summed E-state index contributed by atoms with van der Waals surface area (Å²) in [5, 5.41) is 4.75. The van der Waals surface area contributed by atoms with Crippen molar-refractivity contribution in [2.45, 2.75) is 19.9 Å². The molecule has 1 heterocycles. The molecule has 21 heavy (non-hydrogen) atoms. The van der Waals surface area contributed by atoms with Gasteiger partial charge < -0.3 is 10.6 Å². The number of hydrogen-bond donors (Lipinski definition) is 1. The standard InChI is InChI=1S/C15H19ClN4O/c1-3-6-19(2)13-8-15(21)20(18-9-13)10-11-4-5-12(17)7-14(11)16/h4-5,7-9H,3,6,10,17H2,1-2H3. The van der Waals surface area contributed by atoms with Crippen LogP contribution in [0.3, 0.4) is 0 Å². The molecule has 2 N–H and O–H groups in total. The molecule has 1 aromatic carbocycles. The second-order valence-electron chi connectivity index (χ2n) is 4.98. The lowest BCUT2D eigenvalue weighted by molar-refractivity contribution is 0.637. The first-order valence-corrected chi connectivity index (χ1v) is 7.21. The van der Waals surface area contributed by atoms with Crippen molar-refractivity contribution < 1.29 is 0 Å². The van der Waals surface area contributed by atoms with Crippen molar-refractivity contribution in [2.24, 2.45) is 0 Å². The maximum Gasteiger partial charge on any atom is 0.269 e. The molecular weight excluding hydrogens is 288 g/mol. The van der Waals surface area contributed by atoms with Crippen molar-refractivity contribution in [1.82, 2.24) is 9.78 Å². The van der Waals surface area contributed by atoms with Crippen LogP contribution in [-0.2, 0) is 6.54 Å². The van der Waals surface area contributed by atoms with Crippen molar-refractivity contribution in [1.29, 1.82) is 0 Å². The first-order valence-electron chi connectivity index (χ1n) is 6.83. The molecule has 112 valence electrons. The summed E-state index contributed by atoms with van der Waals surface area (Å²) in [7, 11) is 1.95. The van der Waals surface area contributed by atoms with E-state index >= 15 is 0 Å². The molecule has 0 aliphatic carbocycles. The number of hydrogen-bond acceptors (Lipinski definition) is 4. The highest BCUT2D eigenvalue weighted by Crippen LogP contribution is 2.19. The molecule has 2 rings (SSSR count). The number of halogens is 1. The molecule has 2 aromatic rings. The van der Waals surface area contributed by atoms with Gasteiger partial charge in [-0.1, -0.05) is 24.6 Å². The number of nitrogen functional groups attached to an aromatic ring is 1. The van der Waals surface area contributed by atoms with Crippen molar-refractivity contribution in [2.75, 3.05) is 24.2 Å². The minimum Gasteiger partial charge on any atom is -0.399 e. The van der Waals surface area contributed by atoms with Crippen LogP contribution < -0.4 is 16.2 Å². The summed E-state index contributed by atoms with van der Waals surface area (Å²) in [6.45, 7) is 3.30. The van der Waals surface area contributed by atoms with Crippen LogP contribution in [0.5, 0.6) is 0 Å².